The monoisotopic (exact) mass is 285 g/mol. The van der Waals surface area contributed by atoms with Crippen LogP contribution in [-0.4, -0.2) is 26.2 Å². The Morgan fingerprint density at radius 1 is 0.900 bits per heavy atom. The van der Waals surface area contributed by atoms with Crippen molar-refractivity contribution >= 4 is 6.21 Å². The standard InChI is InChI=1S/C17H35NO2/c1-6-7-8-9-10-11-13-16(2,14-12-15-18)17(3,19-4)20-5/h15,18H,6-14H2,1-5H3. The molecule has 0 aliphatic heterocycles. The van der Waals surface area contributed by atoms with Crippen molar-refractivity contribution in [3.05, 3.63) is 0 Å². The van der Waals surface area contributed by atoms with Gasteiger partial charge in [-0.1, -0.05) is 52.4 Å². The zero-order chi connectivity index (χ0) is 15.5. The molecule has 0 rings (SSSR count). The Kier molecular flexibility index (Phi) is 10.1. The fraction of sp³-hybridized carbons (Fsp3) is 0.941. The van der Waals surface area contributed by atoms with E-state index in [9.17, 15) is 0 Å². The summed E-state index contributed by atoms with van der Waals surface area (Å²) >= 11 is 0. The number of unbranched alkanes of at least 4 members (excludes halogenated alkanes) is 5. The lowest BCUT2D eigenvalue weighted by molar-refractivity contribution is -0.264. The van der Waals surface area contributed by atoms with Gasteiger partial charge in [0.25, 0.3) is 0 Å². The van der Waals surface area contributed by atoms with Crippen LogP contribution < -0.4 is 0 Å². The second-order valence-electron chi connectivity index (χ2n) is 6.18. The third kappa shape index (κ3) is 5.92. The van der Waals surface area contributed by atoms with Gasteiger partial charge in [0, 0.05) is 19.6 Å². The van der Waals surface area contributed by atoms with Crippen molar-refractivity contribution < 1.29 is 9.47 Å². The van der Waals surface area contributed by atoms with Crippen LogP contribution in [0.3, 0.4) is 0 Å². The van der Waals surface area contributed by atoms with Crippen molar-refractivity contribution in [3.8, 4) is 0 Å². The van der Waals surface area contributed by atoms with Gasteiger partial charge in [0.2, 0.25) is 0 Å². The maximum Gasteiger partial charge on any atom is 0.170 e. The highest BCUT2D eigenvalue weighted by Gasteiger charge is 2.44. The molecule has 0 heterocycles. The smallest absolute Gasteiger partial charge is 0.170 e. The molecule has 0 radical (unpaired) electrons. The minimum Gasteiger partial charge on any atom is -0.353 e. The Morgan fingerprint density at radius 2 is 1.45 bits per heavy atom. The average Bonchev–Trinajstić information content (AvgIpc) is 2.47. The van der Waals surface area contributed by atoms with Crippen LogP contribution in [0.2, 0.25) is 0 Å². The molecule has 0 amide bonds. The molecule has 0 bridgehead atoms. The van der Waals surface area contributed by atoms with Crippen molar-refractivity contribution in [2.45, 2.75) is 84.3 Å². The third-order valence-corrected chi connectivity index (χ3v) is 4.80. The molecule has 3 nitrogen and oxygen atoms in total. The van der Waals surface area contributed by atoms with Gasteiger partial charge in [-0.15, -0.1) is 0 Å². The summed E-state index contributed by atoms with van der Waals surface area (Å²) in [6, 6.07) is 0. The minimum absolute atomic E-state index is 0.0429. The van der Waals surface area contributed by atoms with E-state index in [0.717, 1.165) is 19.3 Å². The molecule has 0 spiro atoms. The van der Waals surface area contributed by atoms with Crippen molar-refractivity contribution in [1.82, 2.24) is 0 Å². The first-order chi connectivity index (χ1) is 9.49. The maximum absolute atomic E-state index is 7.28. The number of rotatable bonds is 13. The number of methoxy groups -OCH3 is 2. The first-order valence-electron chi connectivity index (χ1n) is 8.09. The SMILES string of the molecule is CCCCCCCCC(C)(CCC=N)C(C)(OC)OC. The molecule has 0 saturated carbocycles. The molecule has 120 valence electrons. The quantitative estimate of drug-likeness (QED) is 0.288. The normalized spacial score (nSPS) is 15.1. The van der Waals surface area contributed by atoms with Gasteiger partial charge >= 0.3 is 0 Å². The van der Waals surface area contributed by atoms with Crippen molar-refractivity contribution in [2.75, 3.05) is 14.2 Å². The zero-order valence-corrected chi connectivity index (χ0v) is 14.3. The van der Waals surface area contributed by atoms with Crippen LogP contribution >= 0.6 is 0 Å². The van der Waals surface area contributed by atoms with Gasteiger partial charge in [-0.25, -0.2) is 0 Å². The number of nitrogens with one attached hydrogen (secondary N) is 1. The third-order valence-electron chi connectivity index (χ3n) is 4.80. The van der Waals surface area contributed by atoms with Gasteiger partial charge < -0.3 is 14.9 Å². The number of hydrogen-bond donors (Lipinski definition) is 1. The molecule has 20 heavy (non-hydrogen) atoms. The summed E-state index contributed by atoms with van der Waals surface area (Å²) in [7, 11) is 3.43. The Balaban J connectivity index is 4.43. The second kappa shape index (κ2) is 10.3. The topological polar surface area (TPSA) is 42.3 Å². The predicted molar refractivity (Wildman–Crippen MR) is 86.5 cm³/mol. The van der Waals surface area contributed by atoms with Gasteiger partial charge in [0.05, 0.1) is 0 Å². The molecule has 0 aliphatic rings. The molecule has 0 fully saturated rings. The van der Waals surface area contributed by atoms with Crippen molar-refractivity contribution in [1.29, 1.82) is 5.41 Å². The molecule has 1 atom stereocenters. The van der Waals surface area contributed by atoms with E-state index in [1.54, 1.807) is 14.2 Å². The average molecular weight is 285 g/mol. The molecular formula is C17H35NO2. The van der Waals surface area contributed by atoms with Crippen LogP contribution in [0.1, 0.15) is 78.6 Å². The van der Waals surface area contributed by atoms with Gasteiger partial charge in [-0.3, -0.25) is 0 Å². The Bertz CT molecular complexity index is 251. The van der Waals surface area contributed by atoms with Gasteiger partial charge in [-0.05, 0) is 32.4 Å². The molecule has 1 unspecified atom stereocenters. The Morgan fingerprint density at radius 3 is 1.95 bits per heavy atom. The molecule has 1 N–H and O–H groups in total. The van der Waals surface area contributed by atoms with Crippen LogP contribution in [0, 0.1) is 10.8 Å². The zero-order valence-electron chi connectivity index (χ0n) is 14.3. The van der Waals surface area contributed by atoms with E-state index >= 15 is 0 Å². The van der Waals surface area contributed by atoms with Crippen LogP contribution in [0.25, 0.3) is 0 Å². The van der Waals surface area contributed by atoms with Crippen LogP contribution in [0.4, 0.5) is 0 Å². The summed E-state index contributed by atoms with van der Waals surface area (Å²) in [5.74, 6) is -0.570. The van der Waals surface area contributed by atoms with E-state index in [2.05, 4.69) is 13.8 Å². The van der Waals surface area contributed by atoms with Gasteiger partial charge in [0.1, 0.15) is 0 Å². The predicted octanol–water partition coefficient (Wildman–Crippen LogP) is 5.18. The van der Waals surface area contributed by atoms with Crippen LogP contribution in [0.15, 0.2) is 0 Å². The fourth-order valence-corrected chi connectivity index (χ4v) is 2.84. The lowest BCUT2D eigenvalue weighted by atomic mass is 9.73. The summed E-state index contributed by atoms with van der Waals surface area (Å²) in [5.41, 5.74) is -0.0429. The van der Waals surface area contributed by atoms with E-state index < -0.39 is 5.79 Å². The van der Waals surface area contributed by atoms with Crippen LogP contribution in [-0.2, 0) is 9.47 Å². The molecular weight excluding hydrogens is 250 g/mol. The Labute approximate surface area is 125 Å². The highest BCUT2D eigenvalue weighted by Crippen LogP contribution is 2.43. The Hall–Kier alpha value is -0.410. The van der Waals surface area contributed by atoms with Crippen LogP contribution in [0.5, 0.6) is 0 Å². The van der Waals surface area contributed by atoms with E-state index in [1.807, 2.05) is 6.92 Å². The highest BCUT2D eigenvalue weighted by atomic mass is 16.7. The second-order valence-corrected chi connectivity index (χ2v) is 6.18. The number of ether oxygens (including phenoxy) is 2. The molecule has 3 heteroatoms. The summed E-state index contributed by atoms with van der Waals surface area (Å²) < 4.78 is 11.3. The maximum atomic E-state index is 7.28. The minimum atomic E-state index is -0.570. The summed E-state index contributed by atoms with van der Waals surface area (Å²) in [4.78, 5) is 0. The lowest BCUT2D eigenvalue weighted by Gasteiger charge is -2.44. The van der Waals surface area contributed by atoms with Gasteiger partial charge in [0.15, 0.2) is 5.79 Å². The fourth-order valence-electron chi connectivity index (χ4n) is 2.84. The first kappa shape index (κ1) is 19.6. The van der Waals surface area contributed by atoms with E-state index in [0.29, 0.717) is 0 Å². The molecule has 0 aromatic rings. The van der Waals surface area contributed by atoms with E-state index in [-0.39, 0.29) is 5.41 Å². The first-order valence-corrected chi connectivity index (χ1v) is 8.09. The molecule has 0 aliphatic carbocycles. The molecule has 0 aromatic heterocycles. The molecule has 0 aromatic carbocycles. The van der Waals surface area contributed by atoms with E-state index in [1.165, 1.54) is 44.7 Å². The van der Waals surface area contributed by atoms with Gasteiger partial charge in [-0.2, -0.15) is 0 Å². The lowest BCUT2D eigenvalue weighted by Crippen LogP contribution is -2.47. The largest absolute Gasteiger partial charge is 0.353 e. The summed E-state index contributed by atoms with van der Waals surface area (Å²) in [6.45, 7) is 6.50. The van der Waals surface area contributed by atoms with E-state index in [4.69, 9.17) is 14.9 Å². The summed E-state index contributed by atoms with van der Waals surface area (Å²) in [5, 5.41) is 7.28. The highest BCUT2D eigenvalue weighted by molar-refractivity contribution is 5.52. The van der Waals surface area contributed by atoms with Crippen molar-refractivity contribution in [2.24, 2.45) is 5.41 Å². The number of hydrogen-bond acceptors (Lipinski definition) is 3. The molecule has 0 saturated heterocycles. The van der Waals surface area contributed by atoms with Crippen molar-refractivity contribution in [3.63, 3.8) is 0 Å². The summed E-state index contributed by atoms with van der Waals surface area (Å²) in [6.07, 6.45) is 12.1.